The molecule has 1 amide bonds. The first-order chi connectivity index (χ1) is 9.68. The minimum absolute atomic E-state index is 0.0246. The number of hydrogen-bond donors (Lipinski definition) is 1. The molecule has 2 aromatic rings. The van der Waals surface area contributed by atoms with E-state index in [9.17, 15) is 18.0 Å². The molecule has 0 saturated carbocycles. The molecule has 1 heterocycles. The Labute approximate surface area is 127 Å². The number of rotatable bonds is 2. The van der Waals surface area contributed by atoms with Gasteiger partial charge in [-0.05, 0) is 18.2 Å². The number of halogens is 5. The SMILES string of the molecule is Cn1cc(Cl)c(C(=O)Nc2cc(C(F)(F)F)ccc2Cl)n1. The van der Waals surface area contributed by atoms with Gasteiger partial charge in [0.1, 0.15) is 0 Å². The van der Waals surface area contributed by atoms with E-state index < -0.39 is 17.6 Å². The molecular formula is C12H8Cl2F3N3O. The standard InChI is InChI=1S/C12H8Cl2F3N3O/c1-20-5-8(14)10(19-20)11(21)18-9-4-6(12(15,16)17)2-3-7(9)13/h2-5H,1H3,(H,18,21). The van der Waals surface area contributed by atoms with Crippen LogP contribution in [0.15, 0.2) is 24.4 Å². The van der Waals surface area contributed by atoms with Crippen LogP contribution in [0.4, 0.5) is 18.9 Å². The fraction of sp³-hybridized carbons (Fsp3) is 0.167. The Kier molecular flexibility index (Phi) is 4.15. The van der Waals surface area contributed by atoms with Gasteiger partial charge in [0.05, 0.1) is 21.3 Å². The summed E-state index contributed by atoms with van der Waals surface area (Å²) in [7, 11) is 1.56. The Hall–Kier alpha value is -1.73. The summed E-state index contributed by atoms with van der Waals surface area (Å²) in [6.07, 6.45) is -3.14. The van der Waals surface area contributed by atoms with Crippen molar-refractivity contribution in [3.8, 4) is 0 Å². The van der Waals surface area contributed by atoms with E-state index in [0.29, 0.717) is 0 Å². The molecule has 9 heteroatoms. The summed E-state index contributed by atoms with van der Waals surface area (Å²) in [4.78, 5) is 12.0. The highest BCUT2D eigenvalue weighted by atomic mass is 35.5. The minimum atomic E-state index is -4.54. The van der Waals surface area contributed by atoms with Gasteiger partial charge in [-0.3, -0.25) is 9.48 Å². The molecule has 0 saturated heterocycles. The van der Waals surface area contributed by atoms with E-state index in [2.05, 4.69) is 10.4 Å². The third-order valence-electron chi connectivity index (χ3n) is 2.54. The van der Waals surface area contributed by atoms with Gasteiger partial charge in [-0.2, -0.15) is 18.3 Å². The lowest BCUT2D eigenvalue weighted by Gasteiger charge is -2.11. The Morgan fingerprint density at radius 3 is 2.48 bits per heavy atom. The van der Waals surface area contributed by atoms with E-state index in [1.165, 1.54) is 10.9 Å². The molecular weight excluding hydrogens is 330 g/mol. The van der Waals surface area contributed by atoms with Gasteiger partial charge in [-0.15, -0.1) is 0 Å². The van der Waals surface area contributed by atoms with Crippen molar-refractivity contribution in [3.05, 3.63) is 45.7 Å². The first-order valence-electron chi connectivity index (χ1n) is 5.55. The maximum atomic E-state index is 12.6. The molecule has 0 atom stereocenters. The van der Waals surface area contributed by atoms with Crippen molar-refractivity contribution in [2.75, 3.05) is 5.32 Å². The number of nitrogens with one attached hydrogen (secondary N) is 1. The molecule has 0 aliphatic rings. The van der Waals surface area contributed by atoms with E-state index in [4.69, 9.17) is 23.2 Å². The fourth-order valence-electron chi connectivity index (χ4n) is 1.59. The molecule has 1 aromatic carbocycles. The molecule has 1 N–H and O–H groups in total. The van der Waals surface area contributed by atoms with E-state index in [-0.39, 0.29) is 21.4 Å². The quantitative estimate of drug-likeness (QED) is 0.900. The van der Waals surface area contributed by atoms with Crippen molar-refractivity contribution in [2.24, 2.45) is 7.05 Å². The summed E-state index contributed by atoms with van der Waals surface area (Å²) in [5.74, 6) is -0.748. The van der Waals surface area contributed by atoms with Crippen molar-refractivity contribution < 1.29 is 18.0 Å². The number of aromatic nitrogens is 2. The Balaban J connectivity index is 2.31. The number of hydrogen-bond acceptors (Lipinski definition) is 2. The molecule has 0 bridgehead atoms. The zero-order valence-corrected chi connectivity index (χ0v) is 12.0. The lowest BCUT2D eigenvalue weighted by Crippen LogP contribution is -2.15. The number of benzene rings is 1. The van der Waals surface area contributed by atoms with E-state index in [0.717, 1.165) is 18.2 Å². The van der Waals surface area contributed by atoms with Crippen LogP contribution in [0.3, 0.4) is 0 Å². The van der Waals surface area contributed by atoms with E-state index in [1.807, 2.05) is 0 Å². The zero-order chi connectivity index (χ0) is 15.8. The topological polar surface area (TPSA) is 46.9 Å². The number of anilines is 1. The molecule has 21 heavy (non-hydrogen) atoms. The monoisotopic (exact) mass is 337 g/mol. The van der Waals surface area contributed by atoms with E-state index in [1.54, 1.807) is 7.05 Å². The van der Waals surface area contributed by atoms with Gasteiger partial charge in [0, 0.05) is 13.2 Å². The van der Waals surface area contributed by atoms with Gasteiger partial charge >= 0.3 is 6.18 Å². The molecule has 112 valence electrons. The number of nitrogens with zero attached hydrogens (tertiary/aromatic N) is 2. The Morgan fingerprint density at radius 2 is 1.95 bits per heavy atom. The van der Waals surface area contributed by atoms with Gasteiger partial charge in [0.15, 0.2) is 5.69 Å². The highest BCUT2D eigenvalue weighted by Gasteiger charge is 2.31. The first-order valence-corrected chi connectivity index (χ1v) is 6.31. The maximum absolute atomic E-state index is 12.6. The molecule has 0 radical (unpaired) electrons. The van der Waals surface area contributed by atoms with Gasteiger partial charge in [-0.25, -0.2) is 0 Å². The van der Waals surface area contributed by atoms with Crippen LogP contribution in [0, 0.1) is 0 Å². The number of amides is 1. The smallest absolute Gasteiger partial charge is 0.319 e. The summed E-state index contributed by atoms with van der Waals surface area (Å²) in [6.45, 7) is 0. The molecule has 0 aliphatic carbocycles. The van der Waals surface area contributed by atoms with Crippen LogP contribution in [-0.4, -0.2) is 15.7 Å². The molecule has 1 aromatic heterocycles. The summed E-state index contributed by atoms with van der Waals surface area (Å²) < 4.78 is 39.2. The van der Waals surface area contributed by atoms with Crippen molar-refractivity contribution in [2.45, 2.75) is 6.18 Å². The number of alkyl halides is 3. The predicted octanol–water partition coefficient (Wildman–Crippen LogP) is 4.00. The third kappa shape index (κ3) is 3.48. The van der Waals surface area contributed by atoms with Gasteiger partial charge in [0.25, 0.3) is 5.91 Å². The van der Waals surface area contributed by atoms with E-state index >= 15 is 0 Å². The van der Waals surface area contributed by atoms with Gasteiger partial charge in [-0.1, -0.05) is 23.2 Å². The number of aryl methyl sites for hydroxylation is 1. The first kappa shape index (κ1) is 15.7. The summed E-state index contributed by atoms with van der Waals surface area (Å²) in [5, 5.41) is 6.13. The van der Waals surface area contributed by atoms with Gasteiger partial charge < -0.3 is 5.32 Å². The summed E-state index contributed by atoms with van der Waals surface area (Å²) in [5.41, 5.74) is -1.19. The van der Waals surface area contributed by atoms with Crippen LogP contribution in [0.2, 0.25) is 10.0 Å². The highest BCUT2D eigenvalue weighted by Crippen LogP contribution is 2.34. The average Bonchev–Trinajstić information content (AvgIpc) is 2.70. The van der Waals surface area contributed by atoms with Crippen LogP contribution >= 0.6 is 23.2 Å². The molecule has 0 unspecified atom stereocenters. The lowest BCUT2D eigenvalue weighted by molar-refractivity contribution is -0.137. The molecule has 0 aliphatic heterocycles. The van der Waals surface area contributed by atoms with Gasteiger partial charge in [0.2, 0.25) is 0 Å². The summed E-state index contributed by atoms with van der Waals surface area (Å²) in [6, 6.07) is 2.63. The lowest BCUT2D eigenvalue weighted by atomic mass is 10.2. The Morgan fingerprint density at radius 1 is 1.29 bits per heavy atom. The number of carbonyl (C=O) groups is 1. The minimum Gasteiger partial charge on any atom is -0.319 e. The summed E-state index contributed by atoms with van der Waals surface area (Å²) >= 11 is 11.6. The zero-order valence-electron chi connectivity index (χ0n) is 10.5. The van der Waals surface area contributed by atoms with Crippen molar-refractivity contribution in [1.29, 1.82) is 0 Å². The average molecular weight is 338 g/mol. The van der Waals surface area contributed by atoms with Crippen LogP contribution in [-0.2, 0) is 13.2 Å². The van der Waals surface area contributed by atoms with Crippen LogP contribution in [0.1, 0.15) is 16.1 Å². The second-order valence-corrected chi connectivity index (χ2v) is 4.96. The molecule has 2 rings (SSSR count). The second kappa shape index (κ2) is 5.57. The molecule has 4 nitrogen and oxygen atoms in total. The normalized spacial score (nSPS) is 11.5. The Bertz CT molecular complexity index is 698. The predicted molar refractivity (Wildman–Crippen MR) is 72.6 cm³/mol. The molecule has 0 fully saturated rings. The second-order valence-electron chi connectivity index (χ2n) is 4.15. The maximum Gasteiger partial charge on any atom is 0.416 e. The fourth-order valence-corrected chi connectivity index (χ4v) is 2.02. The number of carbonyl (C=O) groups excluding carboxylic acids is 1. The third-order valence-corrected chi connectivity index (χ3v) is 3.15. The largest absolute Gasteiger partial charge is 0.416 e. The highest BCUT2D eigenvalue weighted by molar-refractivity contribution is 6.35. The van der Waals surface area contributed by atoms with Crippen molar-refractivity contribution in [3.63, 3.8) is 0 Å². The van der Waals surface area contributed by atoms with Crippen LogP contribution in [0.25, 0.3) is 0 Å². The van der Waals surface area contributed by atoms with Crippen molar-refractivity contribution in [1.82, 2.24) is 9.78 Å². The van der Waals surface area contributed by atoms with Crippen LogP contribution in [0.5, 0.6) is 0 Å². The molecule has 0 spiro atoms. The van der Waals surface area contributed by atoms with Crippen molar-refractivity contribution >= 4 is 34.8 Å². The van der Waals surface area contributed by atoms with Crippen LogP contribution < -0.4 is 5.32 Å².